The van der Waals surface area contributed by atoms with E-state index >= 15 is 0 Å². The highest BCUT2D eigenvalue weighted by Gasteiger charge is 2.14. The highest BCUT2D eigenvalue weighted by Crippen LogP contribution is 2.24. The molecule has 0 saturated heterocycles. The Balaban J connectivity index is 2.22. The lowest BCUT2D eigenvalue weighted by Crippen LogP contribution is -2.01. The van der Waals surface area contributed by atoms with Crippen molar-refractivity contribution >= 4 is 5.57 Å². The minimum atomic E-state index is -0.925. The molecule has 0 aliphatic carbocycles. The molecule has 0 radical (unpaired) electrons. The van der Waals surface area contributed by atoms with Gasteiger partial charge >= 0.3 is 0 Å². The first-order valence-electron chi connectivity index (χ1n) is 10.1. The van der Waals surface area contributed by atoms with Crippen LogP contribution in [0.1, 0.15) is 43.9 Å². The summed E-state index contributed by atoms with van der Waals surface area (Å²) in [5.41, 5.74) is 1.38. The molecule has 0 aromatic heterocycles. The summed E-state index contributed by atoms with van der Waals surface area (Å²) in [5.74, 6) is -2.52. The number of hydrogen-bond acceptors (Lipinski definition) is 3. The Morgan fingerprint density at radius 3 is 2.45 bits per heavy atom. The fourth-order valence-corrected chi connectivity index (χ4v) is 2.71. The fourth-order valence-electron chi connectivity index (χ4n) is 2.71. The molecule has 0 atom stereocenters. The molecule has 0 fully saturated rings. The normalized spacial score (nSPS) is 12.6. The predicted molar refractivity (Wildman–Crippen MR) is 116 cm³/mol. The summed E-state index contributed by atoms with van der Waals surface area (Å²) in [6, 6.07) is 7.05. The lowest BCUT2D eigenvalue weighted by molar-refractivity contribution is 0.131. The van der Waals surface area contributed by atoms with Gasteiger partial charge in [0.2, 0.25) is 0 Å². The Labute approximate surface area is 181 Å². The number of phenols is 1. The number of ether oxygens (including phenoxy) is 2. The molecule has 1 N–H and O–H groups in total. The van der Waals surface area contributed by atoms with Crippen molar-refractivity contribution in [1.82, 2.24) is 0 Å². The van der Waals surface area contributed by atoms with Gasteiger partial charge in [0.05, 0.1) is 6.61 Å². The number of phenolic OH excluding ortho intramolecular Hbond substituents is 1. The zero-order chi connectivity index (χ0) is 22.8. The molecular weight excluding hydrogens is 405 g/mol. The van der Waals surface area contributed by atoms with E-state index in [-0.39, 0.29) is 24.3 Å². The zero-order valence-electron chi connectivity index (χ0n) is 17.9. The molecule has 166 valence electrons. The van der Waals surface area contributed by atoms with Gasteiger partial charge in [-0.05, 0) is 55.7 Å². The summed E-state index contributed by atoms with van der Waals surface area (Å²) in [6.45, 7) is 5.93. The van der Waals surface area contributed by atoms with Gasteiger partial charge in [-0.25, -0.2) is 13.2 Å². The van der Waals surface area contributed by atoms with Gasteiger partial charge in [-0.3, -0.25) is 0 Å². The van der Waals surface area contributed by atoms with E-state index in [2.05, 4.69) is 0 Å². The van der Waals surface area contributed by atoms with Gasteiger partial charge in [-0.15, -0.1) is 0 Å². The first-order valence-corrected chi connectivity index (χ1v) is 10.1. The lowest BCUT2D eigenvalue weighted by Gasteiger charge is -2.10. The number of aromatic hydroxyl groups is 1. The predicted octanol–water partition coefficient (Wildman–Crippen LogP) is 6.82. The molecule has 3 nitrogen and oxygen atoms in total. The molecule has 0 spiro atoms. The average Bonchev–Trinajstić information content (AvgIpc) is 2.76. The van der Waals surface area contributed by atoms with Crippen LogP contribution in [0.15, 0.2) is 60.4 Å². The first kappa shape index (κ1) is 24.3. The van der Waals surface area contributed by atoms with Gasteiger partial charge in [0.25, 0.3) is 0 Å². The standard InChI is InChI=1S/C25H27F3O3/c1-4-6-7-20(31-15-18-9-13-23(29)22(26)14-18)11-8-17(3)21-12-10-19(16-30-5-2)24(27)25(21)28/h6-14,29H,4-5,15-16H2,1-3H3/b7-6-,17-8+,20-11+. The summed E-state index contributed by atoms with van der Waals surface area (Å²) >= 11 is 0. The topological polar surface area (TPSA) is 38.7 Å². The lowest BCUT2D eigenvalue weighted by atomic mass is 10.0. The number of allylic oxidation sites excluding steroid dienone is 5. The second-order valence-electron chi connectivity index (χ2n) is 6.84. The van der Waals surface area contributed by atoms with E-state index in [0.29, 0.717) is 23.5 Å². The zero-order valence-corrected chi connectivity index (χ0v) is 17.9. The molecule has 0 amide bonds. The van der Waals surface area contributed by atoms with Gasteiger partial charge in [-0.2, -0.15) is 0 Å². The van der Waals surface area contributed by atoms with E-state index in [1.807, 2.05) is 13.0 Å². The Morgan fingerprint density at radius 1 is 1.00 bits per heavy atom. The van der Waals surface area contributed by atoms with Crippen LogP contribution in [0.4, 0.5) is 13.2 Å². The SMILES string of the molecule is CC\C=C/C(=C\C=C(/C)c1ccc(COCC)c(F)c1F)OCc1ccc(O)c(F)c1. The number of benzene rings is 2. The monoisotopic (exact) mass is 432 g/mol. The van der Waals surface area contributed by atoms with Crippen LogP contribution >= 0.6 is 0 Å². The molecule has 0 aliphatic rings. The molecule has 2 rings (SSSR count). The first-order chi connectivity index (χ1) is 14.9. The third-order valence-electron chi connectivity index (χ3n) is 4.48. The number of rotatable bonds is 10. The second-order valence-corrected chi connectivity index (χ2v) is 6.84. The smallest absolute Gasteiger partial charge is 0.166 e. The van der Waals surface area contributed by atoms with Crippen LogP contribution in [0.25, 0.3) is 5.57 Å². The summed E-state index contributed by atoms with van der Waals surface area (Å²) in [6.07, 6.45) is 7.69. The summed E-state index contributed by atoms with van der Waals surface area (Å²) < 4.78 is 53.2. The Bertz CT molecular complexity index is 978. The maximum Gasteiger partial charge on any atom is 0.166 e. The van der Waals surface area contributed by atoms with Crippen molar-refractivity contribution < 1.29 is 27.8 Å². The summed E-state index contributed by atoms with van der Waals surface area (Å²) in [5, 5.41) is 9.28. The average molecular weight is 432 g/mol. The number of halogens is 3. The molecule has 0 aliphatic heterocycles. The van der Waals surface area contributed by atoms with Gasteiger partial charge in [-0.1, -0.05) is 37.3 Å². The van der Waals surface area contributed by atoms with E-state index in [1.165, 1.54) is 24.3 Å². The van der Waals surface area contributed by atoms with Crippen molar-refractivity contribution in [1.29, 1.82) is 0 Å². The Morgan fingerprint density at radius 2 is 1.77 bits per heavy atom. The van der Waals surface area contributed by atoms with E-state index in [0.717, 1.165) is 6.42 Å². The number of hydrogen-bond donors (Lipinski definition) is 1. The van der Waals surface area contributed by atoms with Crippen LogP contribution in [0.3, 0.4) is 0 Å². The van der Waals surface area contributed by atoms with E-state index in [1.54, 1.807) is 38.1 Å². The van der Waals surface area contributed by atoms with Crippen molar-refractivity contribution in [2.75, 3.05) is 6.61 Å². The fraction of sp³-hybridized carbons (Fsp3) is 0.280. The molecule has 0 heterocycles. The molecular formula is C25H27F3O3. The molecule has 31 heavy (non-hydrogen) atoms. The summed E-state index contributed by atoms with van der Waals surface area (Å²) in [7, 11) is 0. The third kappa shape index (κ3) is 7.03. The third-order valence-corrected chi connectivity index (χ3v) is 4.48. The van der Waals surface area contributed by atoms with Crippen LogP contribution in [0.2, 0.25) is 0 Å². The van der Waals surface area contributed by atoms with Crippen molar-refractivity contribution in [2.24, 2.45) is 0 Å². The van der Waals surface area contributed by atoms with Crippen LogP contribution < -0.4 is 0 Å². The van der Waals surface area contributed by atoms with Crippen LogP contribution in [0, 0.1) is 17.5 Å². The van der Waals surface area contributed by atoms with Crippen LogP contribution in [0.5, 0.6) is 5.75 Å². The largest absolute Gasteiger partial charge is 0.505 e. The van der Waals surface area contributed by atoms with Gasteiger partial charge in [0.15, 0.2) is 23.2 Å². The minimum absolute atomic E-state index is 0.0137. The van der Waals surface area contributed by atoms with E-state index < -0.39 is 23.2 Å². The van der Waals surface area contributed by atoms with Crippen LogP contribution in [-0.4, -0.2) is 11.7 Å². The molecule has 0 unspecified atom stereocenters. The van der Waals surface area contributed by atoms with Crippen molar-refractivity contribution in [2.45, 2.75) is 40.4 Å². The van der Waals surface area contributed by atoms with Crippen molar-refractivity contribution in [3.8, 4) is 5.75 Å². The Kier molecular flexibility index (Phi) is 9.40. The van der Waals surface area contributed by atoms with E-state index in [4.69, 9.17) is 9.47 Å². The van der Waals surface area contributed by atoms with Gasteiger partial charge in [0.1, 0.15) is 12.4 Å². The maximum absolute atomic E-state index is 14.5. The molecule has 2 aromatic rings. The van der Waals surface area contributed by atoms with Gasteiger partial charge < -0.3 is 14.6 Å². The maximum atomic E-state index is 14.5. The molecule has 0 saturated carbocycles. The van der Waals surface area contributed by atoms with Crippen LogP contribution in [-0.2, 0) is 22.7 Å². The minimum Gasteiger partial charge on any atom is -0.505 e. The highest BCUT2D eigenvalue weighted by atomic mass is 19.2. The summed E-state index contributed by atoms with van der Waals surface area (Å²) in [4.78, 5) is 0. The molecule has 0 bridgehead atoms. The molecule has 6 heteroatoms. The Hall–Kier alpha value is -2.99. The molecule has 2 aromatic carbocycles. The highest BCUT2D eigenvalue weighted by molar-refractivity contribution is 5.66. The van der Waals surface area contributed by atoms with Crippen molar-refractivity contribution in [3.63, 3.8) is 0 Å². The second kappa shape index (κ2) is 12.0. The van der Waals surface area contributed by atoms with Crippen molar-refractivity contribution in [3.05, 3.63) is 94.5 Å². The van der Waals surface area contributed by atoms with Gasteiger partial charge in [0, 0.05) is 17.7 Å². The quantitative estimate of drug-likeness (QED) is 0.331. The van der Waals surface area contributed by atoms with E-state index in [9.17, 15) is 18.3 Å².